The predicted octanol–water partition coefficient (Wildman–Crippen LogP) is 1.70. The SMILES string of the molecule is CCc1nn(C)c(CN2CC(O)(C3CC3)C2)c1Br. The van der Waals surface area contributed by atoms with E-state index in [2.05, 4.69) is 32.9 Å². The highest BCUT2D eigenvalue weighted by Crippen LogP contribution is 2.45. The normalized spacial score (nSPS) is 23.1. The topological polar surface area (TPSA) is 41.3 Å². The number of rotatable bonds is 4. The number of aryl methyl sites for hydroxylation is 2. The molecule has 3 rings (SSSR count). The van der Waals surface area contributed by atoms with Gasteiger partial charge >= 0.3 is 0 Å². The molecule has 1 aromatic heterocycles. The number of hydrogen-bond acceptors (Lipinski definition) is 3. The summed E-state index contributed by atoms with van der Waals surface area (Å²) in [6.07, 6.45) is 3.36. The molecule has 2 heterocycles. The molecular formula is C13H20BrN3O. The van der Waals surface area contributed by atoms with E-state index in [9.17, 15) is 5.11 Å². The van der Waals surface area contributed by atoms with Gasteiger partial charge < -0.3 is 5.11 Å². The van der Waals surface area contributed by atoms with Crippen LogP contribution in [-0.2, 0) is 20.0 Å². The predicted molar refractivity (Wildman–Crippen MR) is 73.2 cm³/mol. The summed E-state index contributed by atoms with van der Waals surface area (Å²) in [6.45, 7) is 4.62. The Morgan fingerprint density at radius 3 is 2.61 bits per heavy atom. The maximum absolute atomic E-state index is 10.3. The van der Waals surface area contributed by atoms with Crippen LogP contribution in [0.5, 0.6) is 0 Å². The van der Waals surface area contributed by atoms with E-state index < -0.39 is 5.60 Å². The number of nitrogens with zero attached hydrogens (tertiary/aromatic N) is 3. The van der Waals surface area contributed by atoms with Crippen LogP contribution in [0.1, 0.15) is 31.2 Å². The fourth-order valence-corrected chi connectivity index (χ4v) is 3.66. The van der Waals surface area contributed by atoms with Gasteiger partial charge in [-0.2, -0.15) is 5.10 Å². The summed E-state index contributed by atoms with van der Waals surface area (Å²) in [4.78, 5) is 2.31. The van der Waals surface area contributed by atoms with Crippen LogP contribution in [-0.4, -0.2) is 38.5 Å². The van der Waals surface area contributed by atoms with E-state index in [0.717, 1.165) is 36.2 Å². The molecule has 2 fully saturated rings. The summed E-state index contributed by atoms with van der Waals surface area (Å²) in [5.41, 5.74) is 1.94. The van der Waals surface area contributed by atoms with Gasteiger partial charge in [-0.15, -0.1) is 0 Å². The van der Waals surface area contributed by atoms with Crippen LogP contribution >= 0.6 is 15.9 Å². The summed E-state index contributed by atoms with van der Waals surface area (Å²) < 4.78 is 3.09. The molecule has 100 valence electrons. The van der Waals surface area contributed by atoms with Gasteiger partial charge in [0.05, 0.1) is 21.5 Å². The van der Waals surface area contributed by atoms with E-state index in [1.165, 1.54) is 18.5 Å². The Hall–Kier alpha value is -0.390. The van der Waals surface area contributed by atoms with Crippen molar-refractivity contribution in [1.29, 1.82) is 0 Å². The third kappa shape index (κ3) is 2.02. The highest BCUT2D eigenvalue weighted by Gasteiger charge is 2.51. The quantitative estimate of drug-likeness (QED) is 0.920. The van der Waals surface area contributed by atoms with Crippen LogP contribution < -0.4 is 0 Å². The van der Waals surface area contributed by atoms with Crippen LogP contribution in [0.4, 0.5) is 0 Å². The van der Waals surface area contributed by atoms with Crippen molar-refractivity contribution in [2.45, 2.75) is 38.3 Å². The average molecular weight is 314 g/mol. The molecule has 5 heteroatoms. The zero-order chi connectivity index (χ0) is 12.9. The van der Waals surface area contributed by atoms with Crippen molar-refractivity contribution in [2.24, 2.45) is 13.0 Å². The molecule has 4 nitrogen and oxygen atoms in total. The number of aliphatic hydroxyl groups is 1. The third-order valence-electron chi connectivity index (χ3n) is 4.21. The second-order valence-corrected chi connectivity index (χ2v) is 6.50. The smallest absolute Gasteiger partial charge is 0.0928 e. The fraction of sp³-hybridized carbons (Fsp3) is 0.769. The molecule has 0 spiro atoms. The highest BCUT2D eigenvalue weighted by molar-refractivity contribution is 9.10. The van der Waals surface area contributed by atoms with Gasteiger partial charge in [-0.1, -0.05) is 6.92 Å². The van der Waals surface area contributed by atoms with E-state index in [0.29, 0.717) is 5.92 Å². The Labute approximate surface area is 116 Å². The molecule has 0 amide bonds. The Morgan fingerprint density at radius 1 is 1.44 bits per heavy atom. The molecule has 1 N–H and O–H groups in total. The number of hydrogen-bond donors (Lipinski definition) is 1. The Kier molecular flexibility index (Phi) is 3.03. The van der Waals surface area contributed by atoms with Crippen LogP contribution in [0.15, 0.2) is 4.47 Å². The first-order valence-corrected chi connectivity index (χ1v) is 7.48. The summed E-state index contributed by atoms with van der Waals surface area (Å²) in [5, 5.41) is 14.8. The minimum Gasteiger partial charge on any atom is -0.387 e. The van der Waals surface area contributed by atoms with Crippen LogP contribution in [0.3, 0.4) is 0 Å². The Bertz CT molecular complexity index is 461. The average Bonchev–Trinajstić information content (AvgIpc) is 3.09. The van der Waals surface area contributed by atoms with Gasteiger partial charge in [-0.3, -0.25) is 9.58 Å². The second-order valence-electron chi connectivity index (χ2n) is 5.71. The molecule has 0 radical (unpaired) electrons. The van der Waals surface area contributed by atoms with Crippen molar-refractivity contribution in [2.75, 3.05) is 13.1 Å². The van der Waals surface area contributed by atoms with Crippen molar-refractivity contribution in [3.8, 4) is 0 Å². The van der Waals surface area contributed by atoms with E-state index in [-0.39, 0.29) is 0 Å². The van der Waals surface area contributed by atoms with Crippen LogP contribution in [0.2, 0.25) is 0 Å². The minimum atomic E-state index is -0.390. The van der Waals surface area contributed by atoms with Crippen molar-refractivity contribution < 1.29 is 5.11 Å². The molecule has 0 unspecified atom stereocenters. The molecular weight excluding hydrogens is 294 g/mol. The zero-order valence-corrected chi connectivity index (χ0v) is 12.6. The van der Waals surface area contributed by atoms with Gasteiger partial charge in [-0.05, 0) is 41.1 Å². The lowest BCUT2D eigenvalue weighted by Gasteiger charge is -2.47. The molecule has 2 aliphatic rings. The molecule has 1 aromatic rings. The molecule has 1 aliphatic heterocycles. The highest BCUT2D eigenvalue weighted by atomic mass is 79.9. The summed E-state index contributed by atoms with van der Waals surface area (Å²) in [7, 11) is 1.99. The van der Waals surface area contributed by atoms with Gasteiger partial charge in [-0.25, -0.2) is 0 Å². The lowest BCUT2D eigenvalue weighted by Crippen LogP contribution is -2.62. The maximum atomic E-state index is 10.3. The molecule has 1 saturated heterocycles. The summed E-state index contributed by atoms with van der Waals surface area (Å²) in [6, 6.07) is 0. The van der Waals surface area contributed by atoms with Crippen molar-refractivity contribution in [1.82, 2.24) is 14.7 Å². The Morgan fingerprint density at radius 2 is 2.11 bits per heavy atom. The number of likely N-dealkylation sites (tertiary alicyclic amines) is 1. The second kappa shape index (κ2) is 4.32. The number of β-amino-alcohol motifs (C(OH)–C–C–N with tert-alkyl or cyclic N) is 1. The van der Waals surface area contributed by atoms with Crippen molar-refractivity contribution in [3.63, 3.8) is 0 Å². The van der Waals surface area contributed by atoms with Crippen molar-refractivity contribution >= 4 is 15.9 Å². The maximum Gasteiger partial charge on any atom is 0.0928 e. The molecule has 1 aliphatic carbocycles. The molecule has 0 bridgehead atoms. The van der Waals surface area contributed by atoms with E-state index in [1.54, 1.807) is 0 Å². The van der Waals surface area contributed by atoms with Gasteiger partial charge in [0.1, 0.15) is 0 Å². The molecule has 1 saturated carbocycles. The van der Waals surface area contributed by atoms with Crippen LogP contribution in [0, 0.1) is 5.92 Å². The van der Waals surface area contributed by atoms with E-state index in [4.69, 9.17) is 0 Å². The number of halogens is 1. The molecule has 0 aromatic carbocycles. The molecule has 0 atom stereocenters. The third-order valence-corrected chi connectivity index (χ3v) is 5.12. The van der Waals surface area contributed by atoms with Crippen molar-refractivity contribution in [3.05, 3.63) is 15.9 Å². The lowest BCUT2D eigenvalue weighted by atomic mass is 9.88. The lowest BCUT2D eigenvalue weighted by molar-refractivity contribution is -0.117. The largest absolute Gasteiger partial charge is 0.387 e. The zero-order valence-electron chi connectivity index (χ0n) is 11.0. The first-order valence-electron chi connectivity index (χ1n) is 6.68. The van der Waals surface area contributed by atoms with E-state index in [1.807, 2.05) is 11.7 Å². The monoisotopic (exact) mass is 313 g/mol. The first-order chi connectivity index (χ1) is 8.53. The van der Waals surface area contributed by atoms with Gasteiger partial charge in [0, 0.05) is 26.7 Å². The summed E-state index contributed by atoms with van der Waals surface area (Å²) >= 11 is 3.64. The van der Waals surface area contributed by atoms with Gasteiger partial charge in [0.15, 0.2) is 0 Å². The number of aromatic nitrogens is 2. The standard InChI is InChI=1S/C13H20BrN3O/c1-3-10-12(14)11(16(2)15-10)6-17-7-13(18,8-17)9-4-5-9/h9,18H,3-8H2,1-2H3. The molecule has 18 heavy (non-hydrogen) atoms. The van der Waals surface area contributed by atoms with Crippen LogP contribution in [0.25, 0.3) is 0 Å². The fourth-order valence-electron chi connectivity index (χ4n) is 2.92. The van der Waals surface area contributed by atoms with E-state index >= 15 is 0 Å². The Balaban J connectivity index is 1.66. The van der Waals surface area contributed by atoms with Gasteiger partial charge in [0.25, 0.3) is 0 Å². The first kappa shape index (κ1) is 12.6. The minimum absolute atomic E-state index is 0.390. The summed E-state index contributed by atoms with van der Waals surface area (Å²) in [5.74, 6) is 0.565. The van der Waals surface area contributed by atoms with Gasteiger partial charge in [0.2, 0.25) is 0 Å².